The van der Waals surface area contributed by atoms with Gasteiger partial charge in [-0.3, -0.25) is 4.79 Å². The van der Waals surface area contributed by atoms with E-state index in [1.54, 1.807) is 6.07 Å². The molecule has 0 aliphatic carbocycles. The van der Waals surface area contributed by atoms with Crippen LogP contribution in [0.4, 0.5) is 5.69 Å². The number of carbonyl (C=O) groups is 1. The molecular formula is C23H31N3O3. The highest BCUT2D eigenvalue weighted by molar-refractivity contribution is 5.96. The van der Waals surface area contributed by atoms with Crippen molar-refractivity contribution < 1.29 is 15.0 Å². The lowest BCUT2D eigenvalue weighted by Gasteiger charge is -2.34. The van der Waals surface area contributed by atoms with Gasteiger partial charge in [-0.15, -0.1) is 0 Å². The summed E-state index contributed by atoms with van der Waals surface area (Å²) in [4.78, 5) is 17.6. The van der Waals surface area contributed by atoms with Gasteiger partial charge in [0.2, 0.25) is 0 Å². The Kier molecular flexibility index (Phi) is 6.90. The Morgan fingerprint density at radius 3 is 2.48 bits per heavy atom. The number of aliphatic hydroxyl groups is 2. The zero-order valence-electron chi connectivity index (χ0n) is 17.4. The minimum Gasteiger partial charge on any atom is -0.393 e. The van der Waals surface area contributed by atoms with Gasteiger partial charge in [-0.2, -0.15) is 0 Å². The van der Waals surface area contributed by atoms with E-state index in [9.17, 15) is 9.90 Å². The Labute approximate surface area is 172 Å². The van der Waals surface area contributed by atoms with Crippen LogP contribution in [-0.4, -0.2) is 60.9 Å². The van der Waals surface area contributed by atoms with Crippen molar-refractivity contribution in [2.75, 3.05) is 44.7 Å². The molecule has 2 aromatic carbocycles. The fourth-order valence-corrected chi connectivity index (χ4v) is 3.61. The zero-order chi connectivity index (χ0) is 21.0. The fraction of sp³-hybridized carbons (Fsp3) is 0.435. The highest BCUT2D eigenvalue weighted by atomic mass is 16.3. The number of likely N-dealkylation sites (N-methyl/N-ethyl adjacent to an activating group) is 1. The smallest absolute Gasteiger partial charge is 0.252 e. The molecule has 0 radical (unpaired) electrons. The van der Waals surface area contributed by atoms with E-state index < -0.39 is 6.10 Å². The molecule has 2 atom stereocenters. The van der Waals surface area contributed by atoms with Crippen molar-refractivity contribution in [3.63, 3.8) is 0 Å². The van der Waals surface area contributed by atoms with Crippen molar-refractivity contribution >= 4 is 11.6 Å². The van der Waals surface area contributed by atoms with Crippen LogP contribution in [0.2, 0.25) is 0 Å². The summed E-state index contributed by atoms with van der Waals surface area (Å²) in [5, 5.41) is 22.1. The Balaban J connectivity index is 1.74. The van der Waals surface area contributed by atoms with Crippen LogP contribution in [0.3, 0.4) is 0 Å². The van der Waals surface area contributed by atoms with Crippen molar-refractivity contribution in [3.8, 4) is 0 Å². The van der Waals surface area contributed by atoms with Crippen LogP contribution >= 0.6 is 0 Å². The highest BCUT2D eigenvalue weighted by Crippen LogP contribution is 2.23. The van der Waals surface area contributed by atoms with Gasteiger partial charge in [0.05, 0.1) is 12.6 Å². The van der Waals surface area contributed by atoms with Gasteiger partial charge in [0.15, 0.2) is 0 Å². The number of hydrogen-bond acceptors (Lipinski definition) is 5. The van der Waals surface area contributed by atoms with Crippen LogP contribution in [0.25, 0.3) is 0 Å². The Morgan fingerprint density at radius 1 is 1.10 bits per heavy atom. The maximum atomic E-state index is 13.0. The number of carbonyl (C=O) groups excluding carboxylic acids is 1. The highest BCUT2D eigenvalue weighted by Gasteiger charge is 2.19. The molecule has 156 valence electrons. The van der Waals surface area contributed by atoms with Crippen LogP contribution in [0.1, 0.15) is 46.1 Å². The molecule has 2 unspecified atom stereocenters. The number of anilines is 1. The molecule has 6 heteroatoms. The normalized spacial score (nSPS) is 17.1. The predicted octanol–water partition coefficient (Wildman–Crippen LogP) is 2.26. The standard InChI is InChI=1S/C23H31N3O3/c1-16-7-8-20(26-11-9-25(3)10-12-26)14-21(16)23(29)24-17(2)18-5-4-6-19(13-18)22(28)15-27/h4-8,13-14,17,22,27-28H,9-12,15H2,1-3H3,(H,24,29). The molecule has 0 aromatic heterocycles. The summed E-state index contributed by atoms with van der Waals surface area (Å²) in [7, 11) is 2.13. The van der Waals surface area contributed by atoms with Crippen molar-refractivity contribution in [1.82, 2.24) is 10.2 Å². The molecule has 0 saturated carbocycles. The number of rotatable bonds is 6. The van der Waals surface area contributed by atoms with Crippen molar-refractivity contribution in [3.05, 3.63) is 64.7 Å². The average Bonchev–Trinajstić information content (AvgIpc) is 2.74. The molecule has 1 aliphatic heterocycles. The summed E-state index contributed by atoms with van der Waals surface area (Å²) in [5.41, 5.74) is 4.22. The van der Waals surface area contributed by atoms with E-state index in [0.717, 1.165) is 43.0 Å². The number of benzene rings is 2. The van der Waals surface area contributed by atoms with Crippen LogP contribution in [0.15, 0.2) is 42.5 Å². The quantitative estimate of drug-likeness (QED) is 0.697. The summed E-state index contributed by atoms with van der Waals surface area (Å²) in [6.45, 7) is 7.48. The van der Waals surface area contributed by atoms with Gasteiger partial charge in [0, 0.05) is 37.4 Å². The first-order valence-electron chi connectivity index (χ1n) is 10.1. The molecule has 1 fully saturated rings. The van der Waals surface area contributed by atoms with Crippen LogP contribution in [0, 0.1) is 6.92 Å². The maximum absolute atomic E-state index is 13.0. The number of nitrogens with zero attached hydrogens (tertiary/aromatic N) is 2. The van der Waals surface area contributed by atoms with Crippen LogP contribution in [-0.2, 0) is 0 Å². The largest absolute Gasteiger partial charge is 0.393 e. The number of nitrogens with one attached hydrogen (secondary N) is 1. The first-order chi connectivity index (χ1) is 13.9. The predicted molar refractivity (Wildman–Crippen MR) is 115 cm³/mol. The van der Waals surface area contributed by atoms with Gasteiger partial charge in [-0.1, -0.05) is 30.3 Å². The number of aryl methyl sites for hydroxylation is 1. The average molecular weight is 398 g/mol. The topological polar surface area (TPSA) is 76.0 Å². The SMILES string of the molecule is Cc1ccc(N2CCN(C)CC2)cc1C(=O)NC(C)c1cccc(C(O)CO)c1. The van der Waals surface area contributed by atoms with E-state index in [1.165, 1.54) is 0 Å². The lowest BCUT2D eigenvalue weighted by molar-refractivity contribution is 0.0937. The summed E-state index contributed by atoms with van der Waals surface area (Å²) in [5.74, 6) is -0.112. The molecule has 2 aromatic rings. The van der Waals surface area contributed by atoms with E-state index in [2.05, 4.69) is 28.2 Å². The molecule has 1 amide bonds. The van der Waals surface area contributed by atoms with Crippen molar-refractivity contribution in [2.45, 2.75) is 26.0 Å². The van der Waals surface area contributed by atoms with Crippen molar-refractivity contribution in [2.24, 2.45) is 0 Å². The van der Waals surface area contributed by atoms with Gasteiger partial charge >= 0.3 is 0 Å². The van der Waals surface area contributed by atoms with E-state index >= 15 is 0 Å². The summed E-state index contributed by atoms with van der Waals surface area (Å²) in [6, 6.07) is 13.2. The number of amides is 1. The first kappa shape index (κ1) is 21.3. The van der Waals surface area contributed by atoms with E-state index in [0.29, 0.717) is 11.1 Å². The minimum absolute atomic E-state index is 0.112. The van der Waals surface area contributed by atoms with Crippen LogP contribution in [0.5, 0.6) is 0 Å². The second-order valence-corrected chi connectivity index (χ2v) is 7.85. The number of aliphatic hydroxyl groups excluding tert-OH is 2. The number of hydrogen-bond donors (Lipinski definition) is 3. The second kappa shape index (κ2) is 9.39. The lowest BCUT2D eigenvalue weighted by atomic mass is 10.0. The van der Waals surface area contributed by atoms with Crippen LogP contribution < -0.4 is 10.2 Å². The Hall–Kier alpha value is -2.41. The minimum atomic E-state index is -0.916. The molecule has 1 heterocycles. The summed E-state index contributed by atoms with van der Waals surface area (Å²) in [6.07, 6.45) is -0.916. The molecular weight excluding hydrogens is 366 g/mol. The van der Waals surface area contributed by atoms with Gasteiger partial charge < -0.3 is 25.3 Å². The molecule has 29 heavy (non-hydrogen) atoms. The molecule has 0 bridgehead atoms. The van der Waals surface area contributed by atoms with Gasteiger partial charge in [0.1, 0.15) is 6.10 Å². The first-order valence-corrected chi connectivity index (χ1v) is 10.1. The van der Waals surface area contributed by atoms with Gasteiger partial charge in [-0.25, -0.2) is 0 Å². The third-order valence-electron chi connectivity index (χ3n) is 5.65. The molecule has 0 spiro atoms. The molecule has 3 N–H and O–H groups in total. The Bertz CT molecular complexity index is 847. The monoisotopic (exact) mass is 397 g/mol. The summed E-state index contributed by atoms with van der Waals surface area (Å²) >= 11 is 0. The molecule has 3 rings (SSSR count). The van der Waals surface area contributed by atoms with E-state index in [4.69, 9.17) is 5.11 Å². The van der Waals surface area contributed by atoms with E-state index in [-0.39, 0.29) is 18.6 Å². The molecule has 1 aliphatic rings. The van der Waals surface area contributed by atoms with Gasteiger partial charge in [0.25, 0.3) is 5.91 Å². The molecule has 1 saturated heterocycles. The second-order valence-electron chi connectivity index (χ2n) is 7.85. The molecule has 6 nitrogen and oxygen atoms in total. The third-order valence-corrected chi connectivity index (χ3v) is 5.65. The Morgan fingerprint density at radius 2 is 1.79 bits per heavy atom. The zero-order valence-corrected chi connectivity index (χ0v) is 17.4. The third kappa shape index (κ3) is 5.15. The number of piperazine rings is 1. The maximum Gasteiger partial charge on any atom is 0.252 e. The fourth-order valence-electron chi connectivity index (χ4n) is 3.61. The van der Waals surface area contributed by atoms with Crippen molar-refractivity contribution in [1.29, 1.82) is 0 Å². The van der Waals surface area contributed by atoms with E-state index in [1.807, 2.05) is 44.2 Å². The lowest BCUT2D eigenvalue weighted by Crippen LogP contribution is -2.44. The summed E-state index contributed by atoms with van der Waals surface area (Å²) < 4.78 is 0. The van der Waals surface area contributed by atoms with Gasteiger partial charge in [-0.05, 0) is 49.7 Å².